The lowest BCUT2D eigenvalue weighted by atomic mass is 10.1. The van der Waals surface area contributed by atoms with Crippen molar-refractivity contribution >= 4 is 41.5 Å². The molecule has 0 aromatic heterocycles. The summed E-state index contributed by atoms with van der Waals surface area (Å²) in [4.78, 5) is 80.5. The van der Waals surface area contributed by atoms with Crippen molar-refractivity contribution in [1.29, 1.82) is 0 Å². The summed E-state index contributed by atoms with van der Waals surface area (Å²) in [7, 11) is 0. The summed E-state index contributed by atoms with van der Waals surface area (Å²) in [5, 5.41) is 33.1. The Kier molecular flexibility index (Phi) is 12.7. The fourth-order valence-electron chi connectivity index (χ4n) is 2.45. The second-order valence-corrected chi connectivity index (χ2v) is 7.17. The molecule has 0 aliphatic heterocycles. The van der Waals surface area contributed by atoms with Crippen LogP contribution in [0.1, 0.15) is 45.4 Å². The lowest BCUT2D eigenvalue weighted by molar-refractivity contribution is -0.143. The molecule has 0 saturated carbocycles. The number of nitrogens with two attached hydrogens (primary N) is 2. The summed E-state index contributed by atoms with van der Waals surface area (Å²) in [6.45, 7) is 1.26. The first-order valence-electron chi connectivity index (χ1n) is 9.86. The molecule has 4 amide bonds. The van der Waals surface area contributed by atoms with Gasteiger partial charge in [0.2, 0.25) is 23.6 Å². The Labute approximate surface area is 188 Å². The predicted octanol–water partition coefficient (Wildman–Crippen LogP) is -3.13. The van der Waals surface area contributed by atoms with Crippen LogP contribution in [0.15, 0.2) is 0 Å². The molecule has 4 atom stereocenters. The number of amides is 4. The molecule has 15 nitrogen and oxygen atoms in total. The summed E-state index contributed by atoms with van der Waals surface area (Å²) in [5.74, 6) is -7.42. The summed E-state index contributed by atoms with van der Waals surface area (Å²) < 4.78 is 0. The van der Waals surface area contributed by atoms with E-state index in [1.165, 1.54) is 6.92 Å². The van der Waals surface area contributed by atoms with Gasteiger partial charge in [0.25, 0.3) is 0 Å². The molecule has 0 aromatic carbocycles. The highest BCUT2D eigenvalue weighted by Crippen LogP contribution is 2.04. The van der Waals surface area contributed by atoms with Gasteiger partial charge in [-0.15, -0.1) is 0 Å². The van der Waals surface area contributed by atoms with E-state index >= 15 is 0 Å². The van der Waals surface area contributed by atoms with Crippen molar-refractivity contribution in [2.24, 2.45) is 11.5 Å². The number of aliphatic carboxylic acids is 3. The first-order chi connectivity index (χ1) is 15.2. The van der Waals surface area contributed by atoms with E-state index in [1.807, 2.05) is 0 Å². The first-order valence-corrected chi connectivity index (χ1v) is 9.86. The summed E-state index contributed by atoms with van der Waals surface area (Å²) >= 11 is 0. The van der Waals surface area contributed by atoms with E-state index in [0.717, 1.165) is 0 Å². The Morgan fingerprint density at radius 2 is 1.18 bits per heavy atom. The zero-order valence-electron chi connectivity index (χ0n) is 17.9. The molecule has 4 unspecified atom stereocenters. The van der Waals surface area contributed by atoms with Crippen LogP contribution >= 0.6 is 0 Å². The van der Waals surface area contributed by atoms with Crippen LogP contribution in [0.4, 0.5) is 0 Å². The van der Waals surface area contributed by atoms with Gasteiger partial charge in [0, 0.05) is 19.3 Å². The highest BCUT2D eigenvalue weighted by Gasteiger charge is 2.29. The maximum Gasteiger partial charge on any atom is 0.326 e. The highest BCUT2D eigenvalue weighted by atomic mass is 16.4. The predicted molar refractivity (Wildman–Crippen MR) is 109 cm³/mol. The average Bonchev–Trinajstić information content (AvgIpc) is 2.70. The standard InChI is InChI=1S/C18H29N5O10/c1-8(21-16(30)9(19)2-6-13(25)26)15(29)22-10(3-5-12(20)24)17(31)23-11(18(32)33)4-7-14(27)28/h8-11H,2-7,19H2,1H3,(H2,20,24)(H,21,30)(H,22,29)(H,23,31)(H,25,26)(H,27,28)(H,32,33). The molecule has 33 heavy (non-hydrogen) atoms. The van der Waals surface area contributed by atoms with Crippen molar-refractivity contribution < 1.29 is 48.9 Å². The van der Waals surface area contributed by atoms with Gasteiger partial charge in [0.1, 0.15) is 18.1 Å². The van der Waals surface area contributed by atoms with E-state index in [4.69, 9.17) is 26.8 Å². The van der Waals surface area contributed by atoms with Crippen molar-refractivity contribution in [2.75, 3.05) is 0 Å². The summed E-state index contributed by atoms with van der Waals surface area (Å²) in [6, 6.07) is -5.40. The SMILES string of the molecule is CC(NC(=O)C(N)CCC(=O)O)C(=O)NC(CCC(N)=O)C(=O)NC(CCC(=O)O)C(=O)O. The molecule has 0 aliphatic carbocycles. The molecule has 0 fully saturated rings. The third kappa shape index (κ3) is 12.6. The molecule has 10 N–H and O–H groups in total. The van der Waals surface area contributed by atoms with Crippen LogP contribution in [0.2, 0.25) is 0 Å². The number of carbonyl (C=O) groups excluding carboxylic acids is 4. The Balaban J connectivity index is 5.16. The van der Waals surface area contributed by atoms with E-state index in [0.29, 0.717) is 0 Å². The Morgan fingerprint density at radius 1 is 0.697 bits per heavy atom. The van der Waals surface area contributed by atoms with Crippen molar-refractivity contribution in [3.8, 4) is 0 Å². The zero-order valence-corrected chi connectivity index (χ0v) is 17.9. The smallest absolute Gasteiger partial charge is 0.326 e. The van der Waals surface area contributed by atoms with Crippen LogP contribution in [0.3, 0.4) is 0 Å². The minimum Gasteiger partial charge on any atom is -0.481 e. The largest absolute Gasteiger partial charge is 0.481 e. The second-order valence-electron chi connectivity index (χ2n) is 7.17. The van der Waals surface area contributed by atoms with Crippen LogP contribution in [-0.4, -0.2) is 81.0 Å². The number of carboxylic acid groups (broad SMARTS) is 3. The Bertz CT molecular complexity index is 772. The van der Waals surface area contributed by atoms with Crippen LogP contribution in [0, 0.1) is 0 Å². The number of carbonyl (C=O) groups is 7. The highest BCUT2D eigenvalue weighted by molar-refractivity contribution is 5.94. The van der Waals surface area contributed by atoms with Gasteiger partial charge in [-0.2, -0.15) is 0 Å². The number of hydrogen-bond acceptors (Lipinski definition) is 8. The van der Waals surface area contributed by atoms with Crippen molar-refractivity contribution in [1.82, 2.24) is 16.0 Å². The van der Waals surface area contributed by atoms with Crippen molar-refractivity contribution in [3.63, 3.8) is 0 Å². The number of rotatable bonds is 16. The van der Waals surface area contributed by atoms with E-state index < -0.39 is 78.5 Å². The van der Waals surface area contributed by atoms with Crippen LogP contribution in [0.25, 0.3) is 0 Å². The van der Waals surface area contributed by atoms with Crippen molar-refractivity contribution in [3.05, 3.63) is 0 Å². The third-order valence-electron chi connectivity index (χ3n) is 4.33. The van der Waals surface area contributed by atoms with E-state index in [1.54, 1.807) is 0 Å². The van der Waals surface area contributed by atoms with Gasteiger partial charge in [0.15, 0.2) is 0 Å². The molecule has 186 valence electrons. The molecule has 0 saturated heterocycles. The molecule has 15 heteroatoms. The van der Waals surface area contributed by atoms with E-state index in [2.05, 4.69) is 16.0 Å². The molecule has 0 bridgehead atoms. The monoisotopic (exact) mass is 475 g/mol. The third-order valence-corrected chi connectivity index (χ3v) is 4.33. The molecule has 0 radical (unpaired) electrons. The van der Waals surface area contributed by atoms with Crippen LogP contribution in [-0.2, 0) is 33.6 Å². The number of primary amides is 1. The Hall–Kier alpha value is -3.75. The minimum absolute atomic E-state index is 0.175. The maximum absolute atomic E-state index is 12.5. The zero-order chi connectivity index (χ0) is 25.7. The summed E-state index contributed by atoms with van der Waals surface area (Å²) in [5.41, 5.74) is 10.6. The molecular weight excluding hydrogens is 446 g/mol. The van der Waals surface area contributed by atoms with Gasteiger partial charge in [-0.1, -0.05) is 0 Å². The van der Waals surface area contributed by atoms with Gasteiger partial charge in [-0.05, 0) is 26.2 Å². The van der Waals surface area contributed by atoms with E-state index in [-0.39, 0.29) is 25.7 Å². The van der Waals surface area contributed by atoms with Gasteiger partial charge < -0.3 is 42.7 Å². The molecule has 0 rings (SSSR count). The number of carboxylic acids is 3. The molecule has 0 spiro atoms. The first kappa shape index (κ1) is 29.2. The fraction of sp³-hybridized carbons (Fsp3) is 0.611. The van der Waals surface area contributed by atoms with Crippen molar-refractivity contribution in [2.45, 2.75) is 69.6 Å². The normalized spacial score (nSPS) is 14.1. The number of nitrogens with one attached hydrogen (secondary N) is 3. The Morgan fingerprint density at radius 3 is 1.67 bits per heavy atom. The van der Waals surface area contributed by atoms with Gasteiger partial charge >= 0.3 is 17.9 Å². The van der Waals surface area contributed by atoms with Crippen LogP contribution < -0.4 is 27.4 Å². The van der Waals surface area contributed by atoms with Gasteiger partial charge in [-0.3, -0.25) is 28.8 Å². The van der Waals surface area contributed by atoms with E-state index in [9.17, 15) is 33.6 Å². The molecule has 0 aliphatic rings. The summed E-state index contributed by atoms with van der Waals surface area (Å²) in [6.07, 6.45) is -2.14. The second kappa shape index (κ2) is 14.3. The lowest BCUT2D eigenvalue weighted by Crippen LogP contribution is -2.56. The number of hydrogen-bond donors (Lipinski definition) is 8. The molecule has 0 aromatic rings. The lowest BCUT2D eigenvalue weighted by Gasteiger charge is -2.23. The average molecular weight is 475 g/mol. The molecule has 0 heterocycles. The minimum atomic E-state index is -1.56. The van der Waals surface area contributed by atoms with Crippen LogP contribution in [0.5, 0.6) is 0 Å². The topological polar surface area (TPSA) is 268 Å². The molecular formula is C18H29N5O10. The quantitative estimate of drug-likeness (QED) is 0.110. The van der Waals surface area contributed by atoms with Gasteiger partial charge in [0.05, 0.1) is 6.04 Å². The van der Waals surface area contributed by atoms with Gasteiger partial charge in [-0.25, -0.2) is 4.79 Å². The fourth-order valence-corrected chi connectivity index (χ4v) is 2.45. The maximum atomic E-state index is 12.5.